The van der Waals surface area contributed by atoms with Gasteiger partial charge in [0, 0.05) is 19.0 Å². The van der Waals surface area contributed by atoms with Crippen molar-refractivity contribution >= 4 is 29.1 Å². The molecular weight excluding hydrogens is 391 g/mol. The number of amides is 1. The number of carbonyl (C=O) groups is 1. The van der Waals surface area contributed by atoms with Crippen LogP contribution in [0.25, 0.3) is 0 Å². The van der Waals surface area contributed by atoms with Crippen molar-refractivity contribution in [2.75, 3.05) is 26.2 Å². The molecule has 1 unspecified atom stereocenters. The standard InChI is InChI=1S/C23H24Cl2N2O/c24-20-9-8-19(16-21(20)25)22(17-6-2-1-3-7-17)26-14-10-18(11-15-26)23(28)27-12-4-5-13-27/h1-9,16,18,22H,10-15H2. The number of piperidine rings is 1. The van der Waals surface area contributed by atoms with Gasteiger partial charge in [-0.15, -0.1) is 0 Å². The summed E-state index contributed by atoms with van der Waals surface area (Å²) in [6, 6.07) is 16.5. The van der Waals surface area contributed by atoms with Gasteiger partial charge in [-0.3, -0.25) is 9.69 Å². The van der Waals surface area contributed by atoms with E-state index in [9.17, 15) is 4.79 Å². The van der Waals surface area contributed by atoms with Crippen molar-refractivity contribution in [2.45, 2.75) is 18.9 Å². The number of carbonyl (C=O) groups excluding carboxylic acids is 1. The van der Waals surface area contributed by atoms with Gasteiger partial charge in [0.05, 0.1) is 16.1 Å². The van der Waals surface area contributed by atoms with E-state index in [1.54, 1.807) is 0 Å². The second-order valence-corrected chi connectivity index (χ2v) is 8.33. The fourth-order valence-electron chi connectivity index (χ4n) is 4.25. The molecule has 2 aliphatic rings. The molecule has 0 spiro atoms. The van der Waals surface area contributed by atoms with Crippen LogP contribution >= 0.6 is 23.2 Å². The SMILES string of the molecule is O=C(C1CCN(C(c2ccccc2)c2ccc(Cl)c(Cl)c2)CC1)N1CC=CC1. The first kappa shape index (κ1) is 19.5. The molecule has 0 bridgehead atoms. The molecule has 2 aliphatic heterocycles. The summed E-state index contributed by atoms with van der Waals surface area (Å²) in [5, 5.41) is 1.15. The van der Waals surface area contributed by atoms with Crippen LogP contribution in [0, 0.1) is 5.92 Å². The van der Waals surface area contributed by atoms with Gasteiger partial charge in [-0.1, -0.05) is 71.8 Å². The van der Waals surface area contributed by atoms with Gasteiger partial charge < -0.3 is 4.90 Å². The van der Waals surface area contributed by atoms with E-state index in [-0.39, 0.29) is 12.0 Å². The van der Waals surface area contributed by atoms with Crippen LogP contribution in [-0.2, 0) is 4.79 Å². The number of likely N-dealkylation sites (tertiary alicyclic amines) is 1. The predicted molar refractivity (Wildman–Crippen MR) is 115 cm³/mol. The van der Waals surface area contributed by atoms with Crippen LogP contribution in [0.4, 0.5) is 0 Å². The quantitative estimate of drug-likeness (QED) is 0.642. The third-order valence-electron chi connectivity index (χ3n) is 5.75. The first-order valence-corrected chi connectivity index (χ1v) is 10.6. The van der Waals surface area contributed by atoms with Gasteiger partial charge in [-0.2, -0.15) is 0 Å². The molecule has 146 valence electrons. The number of benzene rings is 2. The summed E-state index contributed by atoms with van der Waals surface area (Å²) in [5.74, 6) is 0.428. The number of hydrogen-bond donors (Lipinski definition) is 0. The third kappa shape index (κ3) is 4.12. The molecule has 1 amide bonds. The zero-order valence-corrected chi connectivity index (χ0v) is 17.2. The van der Waals surface area contributed by atoms with Gasteiger partial charge in [0.15, 0.2) is 0 Å². The maximum Gasteiger partial charge on any atom is 0.226 e. The lowest BCUT2D eigenvalue weighted by Gasteiger charge is -2.38. The highest BCUT2D eigenvalue weighted by Crippen LogP contribution is 2.35. The molecule has 1 saturated heterocycles. The summed E-state index contributed by atoms with van der Waals surface area (Å²) in [6.45, 7) is 3.29. The van der Waals surface area contributed by atoms with E-state index in [4.69, 9.17) is 23.2 Å². The highest BCUT2D eigenvalue weighted by Gasteiger charge is 2.32. The topological polar surface area (TPSA) is 23.6 Å². The van der Waals surface area contributed by atoms with E-state index < -0.39 is 0 Å². The Morgan fingerprint density at radius 2 is 1.57 bits per heavy atom. The molecule has 2 aromatic carbocycles. The molecule has 1 atom stereocenters. The zero-order chi connectivity index (χ0) is 19.5. The monoisotopic (exact) mass is 414 g/mol. The lowest BCUT2D eigenvalue weighted by atomic mass is 9.90. The molecule has 0 radical (unpaired) electrons. The lowest BCUT2D eigenvalue weighted by Crippen LogP contribution is -2.43. The summed E-state index contributed by atoms with van der Waals surface area (Å²) >= 11 is 12.5. The normalized spacial score (nSPS) is 19.1. The van der Waals surface area contributed by atoms with Gasteiger partial charge in [-0.25, -0.2) is 0 Å². The summed E-state index contributed by atoms with van der Waals surface area (Å²) in [4.78, 5) is 17.1. The Kier molecular flexibility index (Phi) is 6.05. The van der Waals surface area contributed by atoms with Crippen molar-refractivity contribution in [1.29, 1.82) is 0 Å². The highest BCUT2D eigenvalue weighted by atomic mass is 35.5. The lowest BCUT2D eigenvalue weighted by molar-refractivity contribution is -0.135. The maximum atomic E-state index is 12.7. The molecule has 1 fully saturated rings. The number of nitrogens with zero attached hydrogens (tertiary/aromatic N) is 2. The molecule has 5 heteroatoms. The molecule has 0 N–H and O–H groups in total. The average Bonchev–Trinajstić information content (AvgIpc) is 3.27. The van der Waals surface area contributed by atoms with E-state index in [0.717, 1.165) is 44.6 Å². The summed E-state index contributed by atoms with van der Waals surface area (Å²) in [7, 11) is 0. The highest BCUT2D eigenvalue weighted by molar-refractivity contribution is 6.42. The van der Waals surface area contributed by atoms with Crippen molar-refractivity contribution < 1.29 is 4.79 Å². The number of hydrogen-bond acceptors (Lipinski definition) is 2. The fourth-order valence-corrected chi connectivity index (χ4v) is 4.56. The summed E-state index contributed by atoms with van der Waals surface area (Å²) in [6.07, 6.45) is 5.92. The minimum absolute atomic E-state index is 0.112. The smallest absolute Gasteiger partial charge is 0.226 e. The van der Waals surface area contributed by atoms with Crippen LogP contribution in [0.5, 0.6) is 0 Å². The van der Waals surface area contributed by atoms with Gasteiger partial charge in [0.25, 0.3) is 0 Å². The summed E-state index contributed by atoms with van der Waals surface area (Å²) in [5.41, 5.74) is 2.36. The Bertz CT molecular complexity index is 852. The molecule has 0 aromatic heterocycles. The van der Waals surface area contributed by atoms with Gasteiger partial charge in [0.2, 0.25) is 5.91 Å². The van der Waals surface area contributed by atoms with Crippen molar-refractivity contribution in [3.63, 3.8) is 0 Å². The average molecular weight is 415 g/mol. The Morgan fingerprint density at radius 1 is 0.893 bits per heavy atom. The second-order valence-electron chi connectivity index (χ2n) is 7.51. The first-order valence-electron chi connectivity index (χ1n) is 9.81. The van der Waals surface area contributed by atoms with E-state index >= 15 is 0 Å². The van der Waals surface area contributed by atoms with Gasteiger partial charge >= 0.3 is 0 Å². The largest absolute Gasteiger partial charge is 0.335 e. The first-order chi connectivity index (χ1) is 13.6. The maximum absolute atomic E-state index is 12.7. The van der Waals surface area contributed by atoms with E-state index in [2.05, 4.69) is 47.4 Å². The van der Waals surface area contributed by atoms with Crippen LogP contribution in [0.2, 0.25) is 10.0 Å². The van der Waals surface area contributed by atoms with E-state index in [1.165, 1.54) is 5.56 Å². The molecule has 0 saturated carbocycles. The van der Waals surface area contributed by atoms with Crippen molar-refractivity contribution in [3.05, 3.63) is 81.9 Å². The van der Waals surface area contributed by atoms with E-state index in [1.807, 2.05) is 23.1 Å². The zero-order valence-electron chi connectivity index (χ0n) is 15.7. The van der Waals surface area contributed by atoms with Crippen molar-refractivity contribution in [2.24, 2.45) is 5.92 Å². The van der Waals surface area contributed by atoms with Crippen molar-refractivity contribution in [1.82, 2.24) is 9.80 Å². The summed E-state index contributed by atoms with van der Waals surface area (Å²) < 4.78 is 0. The van der Waals surface area contributed by atoms with Crippen LogP contribution in [0.1, 0.15) is 30.0 Å². The number of halogens is 2. The van der Waals surface area contributed by atoms with E-state index in [0.29, 0.717) is 16.0 Å². The fraction of sp³-hybridized carbons (Fsp3) is 0.348. The Balaban J connectivity index is 1.53. The van der Waals surface area contributed by atoms with Crippen LogP contribution in [0.3, 0.4) is 0 Å². The van der Waals surface area contributed by atoms with Crippen LogP contribution in [0.15, 0.2) is 60.7 Å². The third-order valence-corrected chi connectivity index (χ3v) is 6.49. The van der Waals surface area contributed by atoms with Crippen LogP contribution in [-0.4, -0.2) is 41.9 Å². The molecule has 28 heavy (non-hydrogen) atoms. The Morgan fingerprint density at radius 3 is 2.21 bits per heavy atom. The molecule has 4 rings (SSSR count). The second kappa shape index (κ2) is 8.69. The molecular formula is C23H24Cl2N2O. The molecule has 3 nitrogen and oxygen atoms in total. The van der Waals surface area contributed by atoms with Gasteiger partial charge in [0.1, 0.15) is 0 Å². The van der Waals surface area contributed by atoms with Gasteiger partial charge in [-0.05, 0) is 49.2 Å². The van der Waals surface area contributed by atoms with Crippen molar-refractivity contribution in [3.8, 4) is 0 Å². The molecule has 2 heterocycles. The molecule has 2 aromatic rings. The minimum atomic E-state index is 0.112. The Labute approximate surface area is 176 Å². The minimum Gasteiger partial charge on any atom is -0.335 e. The predicted octanol–water partition coefficient (Wildman–Crippen LogP) is 5.19. The Hall–Kier alpha value is -1.81. The molecule has 0 aliphatic carbocycles. The van der Waals surface area contributed by atoms with Crippen LogP contribution < -0.4 is 0 Å². The number of rotatable bonds is 4.